The van der Waals surface area contributed by atoms with Gasteiger partial charge in [-0.05, 0) is 18.1 Å². The van der Waals surface area contributed by atoms with Crippen LogP contribution in [0.2, 0.25) is 0 Å². The highest BCUT2D eigenvalue weighted by atomic mass is 16.5. The fraction of sp³-hybridized carbons (Fsp3) is 0.417. The summed E-state index contributed by atoms with van der Waals surface area (Å²) in [5.41, 5.74) is 6.11. The number of methoxy groups -OCH3 is 2. The number of rotatable bonds is 6. The number of hydrazine groups is 1. The van der Waals surface area contributed by atoms with Crippen LogP contribution in [0, 0.1) is 0 Å². The molecule has 5 nitrogen and oxygen atoms in total. The number of carbonyl (C=O) groups excluding carboxylic acids is 1. The first-order valence-electron chi connectivity index (χ1n) is 5.37. The molecule has 0 saturated heterocycles. The van der Waals surface area contributed by atoms with Gasteiger partial charge in [0.1, 0.15) is 11.5 Å². The van der Waals surface area contributed by atoms with Gasteiger partial charge in [-0.15, -0.1) is 0 Å². The molecular formula is C12H18N2O3. The Balaban J connectivity index is 2.67. The summed E-state index contributed by atoms with van der Waals surface area (Å²) in [4.78, 5) is 11.3. The number of benzene rings is 1. The Morgan fingerprint density at radius 1 is 1.29 bits per heavy atom. The molecule has 0 saturated carbocycles. The van der Waals surface area contributed by atoms with Gasteiger partial charge >= 0.3 is 0 Å². The van der Waals surface area contributed by atoms with E-state index in [1.54, 1.807) is 21.3 Å². The number of aryl methyl sites for hydroxylation is 1. The van der Waals surface area contributed by atoms with Crippen LogP contribution in [0.15, 0.2) is 18.2 Å². The molecule has 0 bridgehead atoms. The van der Waals surface area contributed by atoms with Gasteiger partial charge in [0, 0.05) is 19.5 Å². The van der Waals surface area contributed by atoms with Crippen LogP contribution < -0.4 is 20.3 Å². The van der Waals surface area contributed by atoms with E-state index in [9.17, 15) is 4.79 Å². The molecule has 0 unspecified atom stereocenters. The van der Waals surface area contributed by atoms with Gasteiger partial charge in [-0.1, -0.05) is 6.07 Å². The van der Waals surface area contributed by atoms with Gasteiger partial charge in [0.05, 0.1) is 14.2 Å². The van der Waals surface area contributed by atoms with E-state index in [-0.39, 0.29) is 5.91 Å². The number of ether oxygens (including phenoxy) is 2. The van der Waals surface area contributed by atoms with Gasteiger partial charge in [-0.3, -0.25) is 10.2 Å². The van der Waals surface area contributed by atoms with Crippen LogP contribution in [0.25, 0.3) is 0 Å². The van der Waals surface area contributed by atoms with Crippen LogP contribution in [0.3, 0.4) is 0 Å². The molecule has 1 rings (SSSR count). The van der Waals surface area contributed by atoms with E-state index in [1.165, 1.54) is 0 Å². The quantitative estimate of drug-likeness (QED) is 0.722. The summed E-state index contributed by atoms with van der Waals surface area (Å²) < 4.78 is 10.4. The molecule has 0 aromatic heterocycles. The first kappa shape index (κ1) is 13.3. The van der Waals surface area contributed by atoms with E-state index in [0.717, 1.165) is 17.1 Å². The Morgan fingerprint density at radius 2 is 2.06 bits per heavy atom. The largest absolute Gasteiger partial charge is 0.497 e. The summed E-state index contributed by atoms with van der Waals surface area (Å²) in [5.74, 6) is 1.43. The van der Waals surface area contributed by atoms with E-state index in [4.69, 9.17) is 9.47 Å². The van der Waals surface area contributed by atoms with Crippen molar-refractivity contribution in [2.45, 2.75) is 12.8 Å². The SMILES string of the molecule is CNNC(=O)CCc1ccc(OC)cc1OC. The maximum absolute atomic E-state index is 11.3. The molecule has 1 aromatic carbocycles. The fourth-order valence-corrected chi connectivity index (χ4v) is 1.51. The Hall–Kier alpha value is -1.75. The summed E-state index contributed by atoms with van der Waals surface area (Å²) in [7, 11) is 4.87. The fourth-order valence-electron chi connectivity index (χ4n) is 1.51. The number of amides is 1. The summed E-state index contributed by atoms with van der Waals surface area (Å²) in [6.45, 7) is 0. The predicted octanol–water partition coefficient (Wildman–Crippen LogP) is 0.887. The molecule has 0 atom stereocenters. The average molecular weight is 238 g/mol. The van der Waals surface area contributed by atoms with Crippen molar-refractivity contribution in [2.75, 3.05) is 21.3 Å². The zero-order chi connectivity index (χ0) is 12.7. The minimum atomic E-state index is -0.0506. The van der Waals surface area contributed by atoms with Gasteiger partial charge in [0.15, 0.2) is 0 Å². The molecular weight excluding hydrogens is 220 g/mol. The molecule has 0 aliphatic carbocycles. The number of nitrogens with one attached hydrogen (secondary N) is 2. The average Bonchev–Trinajstić information content (AvgIpc) is 2.36. The maximum Gasteiger partial charge on any atom is 0.234 e. The highest BCUT2D eigenvalue weighted by molar-refractivity contribution is 5.75. The van der Waals surface area contributed by atoms with Crippen molar-refractivity contribution in [3.8, 4) is 11.5 Å². The lowest BCUT2D eigenvalue weighted by molar-refractivity contribution is -0.121. The molecule has 0 aliphatic rings. The zero-order valence-corrected chi connectivity index (χ0v) is 10.4. The first-order chi connectivity index (χ1) is 8.21. The highest BCUT2D eigenvalue weighted by Gasteiger charge is 2.07. The van der Waals surface area contributed by atoms with E-state index in [0.29, 0.717) is 12.8 Å². The smallest absolute Gasteiger partial charge is 0.234 e. The Bertz CT molecular complexity index is 380. The lowest BCUT2D eigenvalue weighted by Crippen LogP contribution is -2.34. The number of hydrogen-bond donors (Lipinski definition) is 2. The molecule has 0 heterocycles. The van der Waals surface area contributed by atoms with Crippen LogP contribution in [0.1, 0.15) is 12.0 Å². The van der Waals surface area contributed by atoms with E-state index in [2.05, 4.69) is 10.9 Å². The molecule has 94 valence electrons. The van der Waals surface area contributed by atoms with E-state index < -0.39 is 0 Å². The second-order valence-corrected chi connectivity index (χ2v) is 3.48. The normalized spacial score (nSPS) is 9.82. The van der Waals surface area contributed by atoms with Gasteiger partial charge in [-0.25, -0.2) is 5.43 Å². The second-order valence-electron chi connectivity index (χ2n) is 3.48. The third-order valence-electron chi connectivity index (χ3n) is 2.38. The molecule has 1 aromatic rings. The van der Waals surface area contributed by atoms with E-state index in [1.807, 2.05) is 18.2 Å². The van der Waals surface area contributed by atoms with Crippen molar-refractivity contribution in [2.24, 2.45) is 0 Å². The molecule has 0 aliphatic heterocycles. The predicted molar refractivity (Wildman–Crippen MR) is 65.1 cm³/mol. The third-order valence-corrected chi connectivity index (χ3v) is 2.38. The van der Waals surface area contributed by atoms with Crippen molar-refractivity contribution in [1.82, 2.24) is 10.9 Å². The molecule has 0 fully saturated rings. The Morgan fingerprint density at radius 3 is 2.65 bits per heavy atom. The Kier molecular flexibility index (Phi) is 5.29. The second kappa shape index (κ2) is 6.75. The van der Waals surface area contributed by atoms with Crippen molar-refractivity contribution in [3.05, 3.63) is 23.8 Å². The topological polar surface area (TPSA) is 59.6 Å². The molecule has 17 heavy (non-hydrogen) atoms. The van der Waals surface area contributed by atoms with Crippen molar-refractivity contribution in [3.63, 3.8) is 0 Å². The minimum Gasteiger partial charge on any atom is -0.497 e. The maximum atomic E-state index is 11.3. The monoisotopic (exact) mass is 238 g/mol. The van der Waals surface area contributed by atoms with Crippen LogP contribution in [-0.4, -0.2) is 27.2 Å². The summed E-state index contributed by atoms with van der Waals surface area (Å²) in [6, 6.07) is 5.57. The summed E-state index contributed by atoms with van der Waals surface area (Å²) >= 11 is 0. The minimum absolute atomic E-state index is 0.0506. The lowest BCUT2D eigenvalue weighted by Gasteiger charge is -2.10. The van der Waals surface area contributed by atoms with Crippen LogP contribution in [0.4, 0.5) is 0 Å². The van der Waals surface area contributed by atoms with Gasteiger partial charge < -0.3 is 9.47 Å². The van der Waals surface area contributed by atoms with Crippen molar-refractivity contribution in [1.29, 1.82) is 0 Å². The molecule has 0 radical (unpaired) electrons. The van der Waals surface area contributed by atoms with Gasteiger partial charge in [0.25, 0.3) is 0 Å². The standard InChI is InChI=1S/C12H18N2O3/c1-13-14-12(15)7-5-9-4-6-10(16-2)8-11(9)17-3/h4,6,8,13H,5,7H2,1-3H3,(H,14,15). The van der Waals surface area contributed by atoms with Crippen molar-refractivity contribution < 1.29 is 14.3 Å². The lowest BCUT2D eigenvalue weighted by atomic mass is 10.1. The van der Waals surface area contributed by atoms with Crippen LogP contribution >= 0.6 is 0 Å². The summed E-state index contributed by atoms with van der Waals surface area (Å²) in [6.07, 6.45) is 1.03. The molecule has 0 spiro atoms. The van der Waals surface area contributed by atoms with Gasteiger partial charge in [-0.2, -0.15) is 0 Å². The summed E-state index contributed by atoms with van der Waals surface area (Å²) in [5, 5.41) is 0. The number of hydrogen-bond acceptors (Lipinski definition) is 4. The number of carbonyl (C=O) groups is 1. The van der Waals surface area contributed by atoms with Crippen LogP contribution in [-0.2, 0) is 11.2 Å². The van der Waals surface area contributed by atoms with Crippen molar-refractivity contribution >= 4 is 5.91 Å². The molecule has 2 N–H and O–H groups in total. The molecule has 1 amide bonds. The first-order valence-corrected chi connectivity index (χ1v) is 5.37. The van der Waals surface area contributed by atoms with E-state index >= 15 is 0 Å². The Labute approximate surface area is 101 Å². The third kappa shape index (κ3) is 3.96. The zero-order valence-electron chi connectivity index (χ0n) is 10.4. The van der Waals surface area contributed by atoms with Crippen LogP contribution in [0.5, 0.6) is 11.5 Å². The van der Waals surface area contributed by atoms with Gasteiger partial charge in [0.2, 0.25) is 5.91 Å². The molecule has 5 heteroatoms. The highest BCUT2D eigenvalue weighted by Crippen LogP contribution is 2.25.